The third-order valence-corrected chi connectivity index (χ3v) is 9.60. The van der Waals surface area contributed by atoms with Crippen molar-refractivity contribution >= 4 is 44.7 Å². The van der Waals surface area contributed by atoms with Crippen LogP contribution in [0.4, 0.5) is 11.8 Å². The molecule has 200 valence electrons. The molecule has 0 aliphatic heterocycles. The fourth-order valence-corrected chi connectivity index (χ4v) is 7.48. The number of hydrogen-bond acceptors (Lipinski definition) is 9. The second-order valence-corrected chi connectivity index (χ2v) is 12.8. The van der Waals surface area contributed by atoms with E-state index in [2.05, 4.69) is 41.1 Å². The number of fused-ring (bicyclic) bond motifs is 1. The van der Waals surface area contributed by atoms with E-state index in [1.807, 2.05) is 25.1 Å². The van der Waals surface area contributed by atoms with Crippen LogP contribution in [0.5, 0.6) is 0 Å². The van der Waals surface area contributed by atoms with E-state index >= 15 is 0 Å². The number of thiazole rings is 1. The SMILES string of the molecule is Cc1nc(NCc2cccs2)nc(N[C@@H]2C[C@H](C)C[C@H]2OC2(O)CCCCC2)c1-c1nc2ccccc2s1. The quantitative estimate of drug-likeness (QED) is 0.204. The lowest BCUT2D eigenvalue weighted by atomic mass is 9.94. The zero-order valence-corrected chi connectivity index (χ0v) is 23.6. The first-order valence-electron chi connectivity index (χ1n) is 13.6. The molecule has 0 radical (unpaired) electrons. The van der Waals surface area contributed by atoms with Crippen molar-refractivity contribution in [3.63, 3.8) is 0 Å². The Morgan fingerprint density at radius 2 is 1.89 bits per heavy atom. The van der Waals surface area contributed by atoms with Gasteiger partial charge in [0.05, 0.1) is 40.2 Å². The first kappa shape index (κ1) is 25.7. The van der Waals surface area contributed by atoms with Crippen LogP contribution in [-0.2, 0) is 11.3 Å². The maximum absolute atomic E-state index is 11.2. The molecule has 38 heavy (non-hydrogen) atoms. The third-order valence-electron chi connectivity index (χ3n) is 7.67. The van der Waals surface area contributed by atoms with Crippen molar-refractivity contribution in [2.24, 2.45) is 5.92 Å². The van der Waals surface area contributed by atoms with Crippen LogP contribution in [0.25, 0.3) is 20.8 Å². The minimum absolute atomic E-state index is 0.0449. The summed E-state index contributed by atoms with van der Waals surface area (Å²) in [5.74, 6) is 0.846. The van der Waals surface area contributed by atoms with Crippen LogP contribution in [0.3, 0.4) is 0 Å². The monoisotopic (exact) mass is 549 g/mol. The second kappa shape index (κ2) is 10.9. The number of thiophene rings is 1. The molecule has 2 saturated carbocycles. The van der Waals surface area contributed by atoms with Crippen LogP contribution in [0.2, 0.25) is 0 Å². The molecule has 0 bridgehead atoms. The van der Waals surface area contributed by atoms with Gasteiger partial charge in [-0.2, -0.15) is 4.98 Å². The van der Waals surface area contributed by atoms with E-state index in [1.54, 1.807) is 22.7 Å². The third kappa shape index (κ3) is 5.57. The van der Waals surface area contributed by atoms with Crippen molar-refractivity contribution in [2.75, 3.05) is 10.6 Å². The van der Waals surface area contributed by atoms with Gasteiger partial charge in [-0.1, -0.05) is 31.5 Å². The van der Waals surface area contributed by atoms with Crippen LogP contribution in [0.15, 0.2) is 41.8 Å². The number of rotatable bonds is 8. The lowest BCUT2D eigenvalue weighted by molar-refractivity contribution is -0.245. The maximum Gasteiger partial charge on any atom is 0.225 e. The van der Waals surface area contributed by atoms with Gasteiger partial charge in [-0.3, -0.25) is 0 Å². The molecule has 0 spiro atoms. The van der Waals surface area contributed by atoms with Crippen molar-refractivity contribution in [3.8, 4) is 10.6 Å². The zero-order valence-electron chi connectivity index (χ0n) is 21.9. The first-order chi connectivity index (χ1) is 18.5. The molecule has 9 heteroatoms. The standard InChI is InChI=1S/C29H35N5O2S2/c1-18-15-22(23(16-18)36-29(35)12-6-3-7-13-29)32-26-25(27-33-21-10-4-5-11-24(21)38-27)19(2)31-28(34-26)30-17-20-9-8-14-37-20/h4-5,8-11,14,18,22-23,35H,3,6-7,12-13,15-17H2,1-2H3,(H2,30,31,32,34)/t18-,22+,23+/m0/s1. The van der Waals surface area contributed by atoms with Gasteiger partial charge in [0.15, 0.2) is 5.79 Å². The van der Waals surface area contributed by atoms with Gasteiger partial charge in [-0.05, 0) is 62.1 Å². The molecule has 0 saturated heterocycles. The summed E-state index contributed by atoms with van der Waals surface area (Å²) >= 11 is 3.38. The molecule has 3 atom stereocenters. The van der Waals surface area contributed by atoms with Gasteiger partial charge in [0.1, 0.15) is 10.8 Å². The molecule has 3 aromatic heterocycles. The number of benzene rings is 1. The van der Waals surface area contributed by atoms with Gasteiger partial charge in [-0.15, -0.1) is 22.7 Å². The van der Waals surface area contributed by atoms with Crippen LogP contribution in [0, 0.1) is 12.8 Å². The van der Waals surface area contributed by atoms with Gasteiger partial charge in [-0.25, -0.2) is 9.97 Å². The summed E-state index contributed by atoms with van der Waals surface area (Å²) in [4.78, 5) is 16.0. The van der Waals surface area contributed by atoms with Gasteiger partial charge in [0.25, 0.3) is 0 Å². The van der Waals surface area contributed by atoms with Gasteiger partial charge < -0.3 is 20.5 Å². The lowest BCUT2D eigenvalue weighted by Gasteiger charge is -2.36. The van der Waals surface area contributed by atoms with Crippen LogP contribution >= 0.6 is 22.7 Å². The van der Waals surface area contributed by atoms with Gasteiger partial charge >= 0.3 is 0 Å². The molecular weight excluding hydrogens is 514 g/mol. The van der Waals surface area contributed by atoms with E-state index < -0.39 is 5.79 Å². The van der Waals surface area contributed by atoms with Crippen molar-refractivity contribution in [1.29, 1.82) is 0 Å². The van der Waals surface area contributed by atoms with E-state index in [-0.39, 0.29) is 12.1 Å². The first-order valence-corrected chi connectivity index (χ1v) is 15.3. The summed E-state index contributed by atoms with van der Waals surface area (Å²) in [6.07, 6.45) is 6.43. The highest BCUT2D eigenvalue weighted by Crippen LogP contribution is 2.40. The highest BCUT2D eigenvalue weighted by molar-refractivity contribution is 7.21. The number of aliphatic hydroxyl groups is 1. The molecule has 2 aliphatic carbocycles. The fraction of sp³-hybridized carbons (Fsp3) is 0.483. The Morgan fingerprint density at radius 3 is 2.68 bits per heavy atom. The molecule has 3 heterocycles. The lowest BCUT2D eigenvalue weighted by Crippen LogP contribution is -2.43. The van der Waals surface area contributed by atoms with Crippen LogP contribution in [-0.4, -0.2) is 38.0 Å². The summed E-state index contributed by atoms with van der Waals surface area (Å²) in [5.41, 5.74) is 2.79. The molecule has 4 aromatic rings. The van der Waals surface area contributed by atoms with Crippen LogP contribution in [0.1, 0.15) is 62.4 Å². The minimum atomic E-state index is -1.02. The number of aromatic nitrogens is 3. The molecule has 7 nitrogen and oxygen atoms in total. The Balaban J connectivity index is 1.33. The Hall–Kier alpha value is -2.59. The Kier molecular flexibility index (Phi) is 7.35. The number of nitrogens with zero attached hydrogens (tertiary/aromatic N) is 3. The average Bonchev–Trinajstić information content (AvgIpc) is 3.63. The maximum atomic E-state index is 11.2. The Morgan fingerprint density at radius 1 is 1.05 bits per heavy atom. The predicted octanol–water partition coefficient (Wildman–Crippen LogP) is 6.98. The molecule has 0 unspecified atom stereocenters. The number of anilines is 2. The number of para-hydroxylation sites is 1. The molecule has 1 aromatic carbocycles. The number of aryl methyl sites for hydroxylation is 1. The van der Waals surface area contributed by atoms with Crippen molar-refractivity contribution in [1.82, 2.24) is 15.0 Å². The summed E-state index contributed by atoms with van der Waals surface area (Å²) < 4.78 is 7.61. The molecule has 3 N–H and O–H groups in total. The van der Waals surface area contributed by atoms with Gasteiger partial charge in [0, 0.05) is 17.7 Å². The molecule has 2 aliphatic rings. The number of hydrogen-bond donors (Lipinski definition) is 3. The summed E-state index contributed by atoms with van der Waals surface area (Å²) in [7, 11) is 0. The smallest absolute Gasteiger partial charge is 0.225 e. The summed E-state index contributed by atoms with van der Waals surface area (Å²) in [6, 6.07) is 12.4. The van der Waals surface area contributed by atoms with E-state index in [1.165, 1.54) is 11.3 Å². The summed E-state index contributed by atoms with van der Waals surface area (Å²) in [5, 5.41) is 21.3. The Bertz CT molecular complexity index is 1350. The Labute approximate surface area is 231 Å². The summed E-state index contributed by atoms with van der Waals surface area (Å²) in [6.45, 7) is 4.97. The minimum Gasteiger partial charge on any atom is -0.365 e. The highest BCUT2D eigenvalue weighted by Gasteiger charge is 2.40. The topological polar surface area (TPSA) is 92.2 Å². The zero-order chi connectivity index (χ0) is 26.1. The van der Waals surface area contributed by atoms with E-state index in [9.17, 15) is 5.11 Å². The van der Waals surface area contributed by atoms with Crippen molar-refractivity contribution in [3.05, 3.63) is 52.3 Å². The normalized spacial score (nSPS) is 23.1. The van der Waals surface area contributed by atoms with E-state index in [0.29, 0.717) is 31.3 Å². The molecule has 2 fully saturated rings. The number of ether oxygens (including phenoxy) is 1. The van der Waals surface area contributed by atoms with Crippen molar-refractivity contribution in [2.45, 2.75) is 83.3 Å². The molecule has 0 amide bonds. The van der Waals surface area contributed by atoms with Crippen molar-refractivity contribution < 1.29 is 9.84 Å². The van der Waals surface area contributed by atoms with Crippen LogP contribution < -0.4 is 10.6 Å². The molecular formula is C29H35N5O2S2. The predicted molar refractivity (Wildman–Crippen MR) is 156 cm³/mol. The fourth-order valence-electron chi connectivity index (χ4n) is 5.77. The average molecular weight is 550 g/mol. The van der Waals surface area contributed by atoms with Gasteiger partial charge in [0.2, 0.25) is 5.95 Å². The second-order valence-electron chi connectivity index (χ2n) is 10.8. The van der Waals surface area contributed by atoms with E-state index in [0.717, 1.165) is 58.0 Å². The highest BCUT2D eigenvalue weighted by atomic mass is 32.1. The largest absolute Gasteiger partial charge is 0.365 e. The molecule has 6 rings (SSSR count). The van der Waals surface area contributed by atoms with E-state index in [4.69, 9.17) is 19.7 Å². The number of nitrogens with one attached hydrogen (secondary N) is 2.